The lowest BCUT2D eigenvalue weighted by Gasteiger charge is -2.20. The van der Waals surface area contributed by atoms with E-state index in [2.05, 4.69) is 57.8 Å². The van der Waals surface area contributed by atoms with Crippen LogP contribution in [0.3, 0.4) is 0 Å². The molecule has 1 aromatic rings. The Bertz CT molecular complexity index is 672. The lowest BCUT2D eigenvalue weighted by atomic mass is 9.96. The molecule has 1 atom stereocenters. The molecule has 1 amide bonds. The second kappa shape index (κ2) is 8.42. The summed E-state index contributed by atoms with van der Waals surface area (Å²) in [6, 6.07) is 8.76. The number of aliphatic imine (C=N–C) groups is 1. The standard InChI is InChI=1S/C20H29BrN4O/c1-3-18(26)25-12-9-15(13-25)24-19(22-4-2)23-14-20(10-11-20)16-7-5-6-8-17(16)21/h5-8,15H,3-4,9-14H2,1-2H3,(H2,22,23,24). The number of rotatable bonds is 6. The monoisotopic (exact) mass is 420 g/mol. The smallest absolute Gasteiger partial charge is 0.222 e. The van der Waals surface area contributed by atoms with Crippen molar-refractivity contribution in [2.45, 2.75) is 51.0 Å². The summed E-state index contributed by atoms with van der Waals surface area (Å²) in [6.45, 7) is 7.23. The minimum absolute atomic E-state index is 0.169. The summed E-state index contributed by atoms with van der Waals surface area (Å²) >= 11 is 3.69. The number of hydrogen-bond acceptors (Lipinski definition) is 2. The molecule has 142 valence electrons. The van der Waals surface area contributed by atoms with Crippen LogP contribution in [0.4, 0.5) is 0 Å². The van der Waals surface area contributed by atoms with Gasteiger partial charge in [-0.1, -0.05) is 41.1 Å². The van der Waals surface area contributed by atoms with Gasteiger partial charge in [-0.2, -0.15) is 0 Å². The maximum atomic E-state index is 11.9. The van der Waals surface area contributed by atoms with Gasteiger partial charge >= 0.3 is 0 Å². The van der Waals surface area contributed by atoms with Gasteiger partial charge < -0.3 is 15.5 Å². The van der Waals surface area contributed by atoms with Crippen LogP contribution in [0, 0.1) is 0 Å². The van der Waals surface area contributed by atoms with Gasteiger partial charge in [0.15, 0.2) is 5.96 Å². The predicted octanol–water partition coefficient (Wildman–Crippen LogP) is 3.05. The summed E-state index contributed by atoms with van der Waals surface area (Å²) in [6.07, 6.45) is 3.92. The van der Waals surface area contributed by atoms with E-state index in [1.54, 1.807) is 0 Å². The molecule has 1 aromatic carbocycles. The zero-order valence-electron chi connectivity index (χ0n) is 15.7. The van der Waals surface area contributed by atoms with E-state index in [9.17, 15) is 4.79 Å². The Morgan fingerprint density at radius 3 is 2.77 bits per heavy atom. The third-order valence-electron chi connectivity index (χ3n) is 5.37. The first-order chi connectivity index (χ1) is 12.6. The lowest BCUT2D eigenvalue weighted by molar-refractivity contribution is -0.129. The van der Waals surface area contributed by atoms with Crippen LogP contribution in [-0.2, 0) is 10.2 Å². The van der Waals surface area contributed by atoms with Crippen LogP contribution in [-0.4, -0.2) is 49.0 Å². The molecule has 26 heavy (non-hydrogen) atoms. The Hall–Kier alpha value is -1.56. The molecule has 1 saturated carbocycles. The molecule has 2 fully saturated rings. The van der Waals surface area contributed by atoms with Crippen LogP contribution in [0.2, 0.25) is 0 Å². The summed E-state index contributed by atoms with van der Waals surface area (Å²) < 4.78 is 1.18. The minimum Gasteiger partial charge on any atom is -0.357 e. The van der Waals surface area contributed by atoms with Crippen LogP contribution in [0.5, 0.6) is 0 Å². The van der Waals surface area contributed by atoms with Crippen molar-refractivity contribution in [2.75, 3.05) is 26.2 Å². The molecule has 1 saturated heterocycles. The molecular weight excluding hydrogens is 392 g/mol. The number of likely N-dealkylation sites (tertiary alicyclic amines) is 1. The lowest BCUT2D eigenvalue weighted by Crippen LogP contribution is -2.45. The number of nitrogens with zero attached hydrogens (tertiary/aromatic N) is 2. The van der Waals surface area contributed by atoms with Crippen LogP contribution in [0.15, 0.2) is 33.7 Å². The Balaban J connectivity index is 1.63. The number of nitrogens with one attached hydrogen (secondary N) is 2. The number of guanidine groups is 1. The first-order valence-corrected chi connectivity index (χ1v) is 10.4. The topological polar surface area (TPSA) is 56.7 Å². The average Bonchev–Trinajstić information content (AvgIpc) is 3.29. The molecule has 2 N–H and O–H groups in total. The van der Waals surface area contributed by atoms with Crippen molar-refractivity contribution in [2.24, 2.45) is 4.99 Å². The molecule has 0 aromatic heterocycles. The summed E-state index contributed by atoms with van der Waals surface area (Å²) in [5.41, 5.74) is 1.53. The second-order valence-corrected chi connectivity index (χ2v) is 8.13. The van der Waals surface area contributed by atoms with Gasteiger partial charge in [0, 0.05) is 42.0 Å². The van der Waals surface area contributed by atoms with Crippen molar-refractivity contribution in [3.63, 3.8) is 0 Å². The van der Waals surface area contributed by atoms with Crippen molar-refractivity contribution < 1.29 is 4.79 Å². The third kappa shape index (κ3) is 4.40. The number of amides is 1. The molecule has 2 aliphatic rings. The molecule has 3 rings (SSSR count). The number of carbonyl (C=O) groups is 1. The zero-order valence-corrected chi connectivity index (χ0v) is 17.3. The van der Waals surface area contributed by atoms with Gasteiger partial charge in [-0.25, -0.2) is 0 Å². The van der Waals surface area contributed by atoms with Crippen LogP contribution >= 0.6 is 15.9 Å². The molecule has 1 aliphatic carbocycles. The van der Waals surface area contributed by atoms with E-state index in [4.69, 9.17) is 4.99 Å². The first-order valence-electron chi connectivity index (χ1n) is 9.65. The van der Waals surface area contributed by atoms with Gasteiger partial charge in [0.25, 0.3) is 0 Å². The zero-order chi connectivity index (χ0) is 18.6. The molecule has 0 spiro atoms. The highest BCUT2D eigenvalue weighted by Crippen LogP contribution is 2.50. The van der Waals surface area contributed by atoms with Gasteiger partial charge in [0.1, 0.15) is 0 Å². The molecular formula is C20H29BrN4O. The highest BCUT2D eigenvalue weighted by atomic mass is 79.9. The van der Waals surface area contributed by atoms with Gasteiger partial charge in [-0.15, -0.1) is 0 Å². The third-order valence-corrected chi connectivity index (χ3v) is 6.06. The van der Waals surface area contributed by atoms with Crippen molar-refractivity contribution in [3.8, 4) is 0 Å². The molecule has 1 aliphatic heterocycles. The van der Waals surface area contributed by atoms with Gasteiger partial charge in [-0.05, 0) is 37.8 Å². The average molecular weight is 421 g/mol. The Morgan fingerprint density at radius 1 is 1.35 bits per heavy atom. The molecule has 6 heteroatoms. The highest BCUT2D eigenvalue weighted by molar-refractivity contribution is 9.10. The van der Waals surface area contributed by atoms with Crippen molar-refractivity contribution >= 4 is 27.8 Å². The van der Waals surface area contributed by atoms with Crippen LogP contribution in [0.25, 0.3) is 0 Å². The van der Waals surface area contributed by atoms with E-state index in [1.165, 1.54) is 22.9 Å². The summed E-state index contributed by atoms with van der Waals surface area (Å²) in [5, 5.41) is 6.88. The Labute approximate surface area is 164 Å². The summed E-state index contributed by atoms with van der Waals surface area (Å²) in [4.78, 5) is 18.7. The van der Waals surface area contributed by atoms with Crippen molar-refractivity contribution in [1.29, 1.82) is 0 Å². The minimum atomic E-state index is 0.169. The molecule has 0 bridgehead atoms. The van der Waals surface area contributed by atoms with Gasteiger partial charge in [-0.3, -0.25) is 9.79 Å². The molecule has 5 nitrogen and oxygen atoms in total. The Kier molecular flexibility index (Phi) is 6.22. The fraction of sp³-hybridized carbons (Fsp3) is 0.600. The van der Waals surface area contributed by atoms with Crippen LogP contribution in [0.1, 0.15) is 45.1 Å². The highest BCUT2D eigenvalue weighted by Gasteiger charge is 2.45. The molecule has 1 unspecified atom stereocenters. The quantitative estimate of drug-likeness (QED) is 0.549. The van der Waals surface area contributed by atoms with E-state index >= 15 is 0 Å². The first kappa shape index (κ1) is 19.2. The van der Waals surface area contributed by atoms with E-state index in [-0.39, 0.29) is 17.4 Å². The second-order valence-electron chi connectivity index (χ2n) is 7.28. The molecule has 0 radical (unpaired) electrons. The van der Waals surface area contributed by atoms with Crippen molar-refractivity contribution in [1.82, 2.24) is 15.5 Å². The van der Waals surface area contributed by atoms with Gasteiger partial charge in [0.2, 0.25) is 5.91 Å². The normalized spacial score (nSPS) is 21.6. The maximum absolute atomic E-state index is 11.9. The Morgan fingerprint density at radius 2 is 2.12 bits per heavy atom. The fourth-order valence-electron chi connectivity index (χ4n) is 3.63. The number of carbonyl (C=O) groups excluding carboxylic acids is 1. The van der Waals surface area contributed by atoms with E-state index in [0.717, 1.165) is 38.6 Å². The summed E-state index contributed by atoms with van der Waals surface area (Å²) in [5.74, 6) is 1.10. The largest absolute Gasteiger partial charge is 0.357 e. The number of benzene rings is 1. The number of hydrogen-bond donors (Lipinski definition) is 2. The number of halogens is 1. The summed E-state index contributed by atoms with van der Waals surface area (Å²) in [7, 11) is 0. The molecule has 1 heterocycles. The van der Waals surface area contributed by atoms with Crippen molar-refractivity contribution in [3.05, 3.63) is 34.3 Å². The predicted molar refractivity (Wildman–Crippen MR) is 109 cm³/mol. The van der Waals surface area contributed by atoms with Crippen LogP contribution < -0.4 is 10.6 Å². The van der Waals surface area contributed by atoms with E-state index in [0.29, 0.717) is 6.42 Å². The SMILES string of the molecule is CCNC(=NCC1(c2ccccc2Br)CC1)NC1CCN(C(=O)CC)C1. The fourth-order valence-corrected chi connectivity index (χ4v) is 4.33. The van der Waals surface area contributed by atoms with E-state index in [1.807, 2.05) is 11.8 Å². The van der Waals surface area contributed by atoms with E-state index < -0.39 is 0 Å². The van der Waals surface area contributed by atoms with Gasteiger partial charge in [0.05, 0.1) is 6.54 Å². The maximum Gasteiger partial charge on any atom is 0.222 e.